The predicted molar refractivity (Wildman–Crippen MR) is 155 cm³/mol. The SMILES string of the molecule is BC(B)(C(C)(C)C)C1(B)C(B)(B)C2(B)C(B)(B)C(B)(B)C23C(B)(B)C13B. The maximum absolute atomic E-state index is 2.68. The van der Waals surface area contributed by atoms with E-state index in [9.17, 15) is 0 Å². The lowest BCUT2D eigenvalue weighted by Crippen LogP contribution is -2.68. The minimum absolute atomic E-state index is 0.228. The Morgan fingerprint density at radius 1 is 0.500 bits per heavy atom. The van der Waals surface area contributed by atoms with Gasteiger partial charge in [-0.1, -0.05) is 68.2 Å². The van der Waals surface area contributed by atoms with Gasteiger partial charge in [0.05, 0.1) is 78.5 Å². The summed E-state index contributed by atoms with van der Waals surface area (Å²) in [4.78, 5) is 0. The van der Waals surface area contributed by atoms with Gasteiger partial charge in [0.25, 0.3) is 0 Å². The molecule has 3 rings (SSSR count). The van der Waals surface area contributed by atoms with E-state index >= 15 is 0 Å². The molecular formula is C13H35B13. The fourth-order valence-electron chi connectivity index (χ4n) is 11.3. The molecule has 0 bridgehead atoms. The minimum atomic E-state index is 0.228. The quantitative estimate of drug-likeness (QED) is 0.419. The summed E-state index contributed by atoms with van der Waals surface area (Å²) in [5.41, 5.74) is 0.653. The summed E-state index contributed by atoms with van der Waals surface area (Å²) in [6.07, 6.45) is 0. The van der Waals surface area contributed by atoms with Crippen LogP contribution in [0.25, 0.3) is 0 Å². The van der Waals surface area contributed by atoms with Crippen LogP contribution in [0, 0.1) is 10.8 Å². The molecule has 3 aliphatic carbocycles. The van der Waals surface area contributed by atoms with Crippen molar-refractivity contribution in [2.45, 2.75) is 62.8 Å². The second kappa shape index (κ2) is 4.31. The topological polar surface area (TPSA) is 0 Å². The van der Waals surface area contributed by atoms with Crippen LogP contribution >= 0.6 is 0 Å². The third-order valence-corrected chi connectivity index (χ3v) is 14.0. The molecule has 4 atom stereocenters. The molecule has 0 N–H and O–H groups in total. The average molecular weight is 332 g/mol. The molecule has 0 nitrogen and oxygen atoms in total. The van der Waals surface area contributed by atoms with Crippen molar-refractivity contribution in [1.82, 2.24) is 0 Å². The lowest BCUT2D eigenvalue weighted by Gasteiger charge is -2.81. The Morgan fingerprint density at radius 2 is 0.885 bits per heavy atom. The highest BCUT2D eigenvalue weighted by Crippen LogP contribution is 3.21. The molecule has 0 aromatic carbocycles. The van der Waals surface area contributed by atoms with Gasteiger partial charge in [-0.3, -0.25) is 0 Å². The van der Waals surface area contributed by atoms with Crippen molar-refractivity contribution >= 4 is 102 Å². The third kappa shape index (κ3) is 1.24. The van der Waals surface area contributed by atoms with Gasteiger partial charge in [0.2, 0.25) is 0 Å². The van der Waals surface area contributed by atoms with Crippen LogP contribution in [-0.2, 0) is 0 Å². The zero-order valence-corrected chi connectivity index (χ0v) is 21.0. The maximum atomic E-state index is 2.68. The highest BCUT2D eigenvalue weighted by atomic mass is 15.0. The van der Waals surface area contributed by atoms with Gasteiger partial charge in [0.15, 0.2) is 0 Å². The van der Waals surface area contributed by atoms with Gasteiger partial charge in [-0.25, -0.2) is 0 Å². The Morgan fingerprint density at radius 3 is 1.19 bits per heavy atom. The summed E-state index contributed by atoms with van der Waals surface area (Å²) in [7, 11) is 34.0. The Bertz CT molecular complexity index is 705. The van der Waals surface area contributed by atoms with E-state index in [1.165, 1.54) is 0 Å². The smallest absolute Gasteiger partial charge is 0.0938 e. The summed E-state index contributed by atoms with van der Waals surface area (Å²) >= 11 is 0. The van der Waals surface area contributed by atoms with E-state index in [4.69, 9.17) is 0 Å². The molecule has 0 radical (unpaired) electrons. The summed E-state index contributed by atoms with van der Waals surface area (Å²) in [6, 6.07) is 0. The minimum Gasteiger partial charge on any atom is -0.0938 e. The van der Waals surface area contributed by atoms with Crippen LogP contribution in [-0.4, -0.2) is 102 Å². The van der Waals surface area contributed by atoms with Crippen molar-refractivity contribution in [3.63, 3.8) is 0 Å². The molecule has 3 aliphatic rings. The Balaban J connectivity index is 2.47. The van der Waals surface area contributed by atoms with Crippen LogP contribution in [0.15, 0.2) is 0 Å². The average Bonchev–Trinajstić information content (AvgIpc) is 2.81. The zero-order valence-electron chi connectivity index (χ0n) is 21.0. The van der Waals surface area contributed by atoms with Crippen molar-refractivity contribution in [2.75, 3.05) is 0 Å². The van der Waals surface area contributed by atoms with E-state index in [0.29, 0.717) is 31.7 Å². The molecule has 3 saturated carbocycles. The lowest BCUT2D eigenvalue weighted by atomic mass is 8.99. The van der Waals surface area contributed by atoms with E-state index in [-0.39, 0.29) is 21.2 Å². The van der Waals surface area contributed by atoms with Gasteiger partial charge >= 0.3 is 0 Å². The van der Waals surface area contributed by atoms with Crippen LogP contribution in [0.2, 0.25) is 42.0 Å². The highest BCUT2D eigenvalue weighted by molar-refractivity contribution is 6.72. The molecule has 0 aromatic rings. The largest absolute Gasteiger partial charge is 0.108 e. The van der Waals surface area contributed by atoms with Crippen molar-refractivity contribution in [3.8, 4) is 0 Å². The molecule has 3 fully saturated rings. The molecular weight excluding hydrogens is 297 g/mol. The number of hydrogen-bond acceptors (Lipinski definition) is 0. The van der Waals surface area contributed by atoms with Crippen molar-refractivity contribution < 1.29 is 0 Å². The van der Waals surface area contributed by atoms with Crippen LogP contribution in [0.4, 0.5) is 0 Å². The number of hydrogen-bond donors (Lipinski definition) is 0. The van der Waals surface area contributed by atoms with E-state index in [0.717, 1.165) is 0 Å². The van der Waals surface area contributed by atoms with Crippen LogP contribution in [0.5, 0.6) is 0 Å². The van der Waals surface area contributed by atoms with Gasteiger partial charge in [-0.05, 0) is 5.41 Å². The molecule has 0 saturated heterocycles. The van der Waals surface area contributed by atoms with Gasteiger partial charge in [0, 0.05) is 0 Å². The van der Waals surface area contributed by atoms with E-state index in [1.807, 2.05) is 0 Å². The van der Waals surface area contributed by atoms with E-state index < -0.39 is 0 Å². The van der Waals surface area contributed by atoms with Crippen molar-refractivity contribution in [1.29, 1.82) is 0 Å². The molecule has 0 aromatic heterocycles. The highest BCUT2D eigenvalue weighted by Gasteiger charge is 3.05. The second-order valence-electron chi connectivity index (χ2n) is 14.5. The van der Waals surface area contributed by atoms with E-state index in [2.05, 4.69) is 123 Å². The molecule has 26 heavy (non-hydrogen) atoms. The van der Waals surface area contributed by atoms with E-state index in [1.54, 1.807) is 0 Å². The molecule has 0 amide bonds. The molecule has 126 valence electrons. The normalized spacial score (nSPS) is 49.3. The Kier molecular flexibility index (Phi) is 3.57. The van der Waals surface area contributed by atoms with Crippen molar-refractivity contribution in [2.24, 2.45) is 10.8 Å². The lowest BCUT2D eigenvalue weighted by molar-refractivity contribution is 0.113. The van der Waals surface area contributed by atoms with Crippen molar-refractivity contribution in [3.05, 3.63) is 0 Å². The summed E-state index contributed by atoms with van der Waals surface area (Å²) in [6.45, 7) is 7.41. The Hall–Kier alpha value is 0.844. The first kappa shape index (κ1) is 21.6. The van der Waals surface area contributed by atoms with Gasteiger partial charge < -0.3 is 0 Å². The summed E-state index contributed by atoms with van der Waals surface area (Å²) in [5.74, 6) is 0. The molecule has 1 spiro atoms. The summed E-state index contributed by atoms with van der Waals surface area (Å²) in [5, 5.41) is 2.42. The standard InChI is InChI=1S/C13H35B13/c1-4(2,3)9(17,18)8(16)6(14)5(10(6,19)20)7(15,12(8,23)24)13(25,26)11(5,21)22/h14-26H2,1-3H3. The Labute approximate surface area is 175 Å². The summed E-state index contributed by atoms with van der Waals surface area (Å²) < 4.78 is 0. The molecule has 0 aliphatic heterocycles. The maximum Gasteiger partial charge on any atom is 0.108 e. The van der Waals surface area contributed by atoms with Gasteiger partial charge in [-0.15, -0.1) is 0 Å². The third-order valence-electron chi connectivity index (χ3n) is 14.0. The van der Waals surface area contributed by atoms with Crippen LogP contribution in [0.3, 0.4) is 0 Å². The van der Waals surface area contributed by atoms with Crippen LogP contribution in [0.1, 0.15) is 20.8 Å². The molecule has 0 heterocycles. The molecule has 4 unspecified atom stereocenters. The molecule has 13 heteroatoms. The zero-order chi connectivity index (χ0) is 21.0. The first-order valence-corrected chi connectivity index (χ1v) is 11.0. The first-order chi connectivity index (χ1) is 11.0. The predicted octanol–water partition coefficient (Wildman–Crippen LogP) is -8.65. The number of rotatable bonds is 1. The first-order valence-electron chi connectivity index (χ1n) is 11.0. The van der Waals surface area contributed by atoms with Gasteiger partial charge in [0.1, 0.15) is 23.5 Å². The van der Waals surface area contributed by atoms with Crippen LogP contribution < -0.4 is 0 Å². The van der Waals surface area contributed by atoms with Gasteiger partial charge in [-0.2, -0.15) is 0 Å². The fourth-order valence-corrected chi connectivity index (χ4v) is 11.3. The fraction of sp³-hybridized carbons (Fsp3) is 1.00. The second-order valence-corrected chi connectivity index (χ2v) is 14.5. The monoisotopic (exact) mass is 334 g/mol.